The second-order valence-electron chi connectivity index (χ2n) is 9.88. The molecule has 174 valence electrons. The van der Waals surface area contributed by atoms with Crippen molar-refractivity contribution in [3.63, 3.8) is 0 Å². The zero-order valence-corrected chi connectivity index (χ0v) is 19.3. The van der Waals surface area contributed by atoms with Gasteiger partial charge < -0.3 is 28.6 Å². The van der Waals surface area contributed by atoms with Gasteiger partial charge in [-0.25, -0.2) is 0 Å². The highest BCUT2D eigenvalue weighted by atomic mass is 16.6. The van der Waals surface area contributed by atoms with E-state index in [9.17, 15) is 0 Å². The molecule has 3 unspecified atom stereocenters. The predicted octanol–water partition coefficient (Wildman–Crippen LogP) is 2.67. The molecule has 0 amide bonds. The van der Waals surface area contributed by atoms with Gasteiger partial charge in [0, 0.05) is 56.4 Å². The summed E-state index contributed by atoms with van der Waals surface area (Å²) in [6.07, 6.45) is 5.97. The standard InChI is InChI=1S/C26H32N4O3/c1-31-22-4-2-3-19-24-20(30(25(19)22)10-9-27-11-13-32-14-12-27)6-8-29(26(24)23-17-33-23)21-16-28-7-5-18(21)15-28/h2-4,6,8,18,21H,5,7,9-17H2,1H3/b26-23-. The molecular weight excluding hydrogens is 416 g/mol. The quantitative estimate of drug-likeness (QED) is 0.656. The molecule has 2 bridgehead atoms. The normalized spacial score (nSPS) is 30.7. The van der Waals surface area contributed by atoms with Crippen molar-refractivity contribution < 1.29 is 14.2 Å². The van der Waals surface area contributed by atoms with E-state index in [0.29, 0.717) is 6.04 Å². The number of epoxide rings is 1. The molecule has 7 rings (SSSR count). The van der Waals surface area contributed by atoms with Crippen molar-refractivity contribution in [3.8, 4) is 5.75 Å². The van der Waals surface area contributed by atoms with Gasteiger partial charge in [-0.1, -0.05) is 12.1 Å². The van der Waals surface area contributed by atoms with Gasteiger partial charge in [0.1, 0.15) is 12.4 Å². The van der Waals surface area contributed by atoms with E-state index in [1.54, 1.807) is 7.11 Å². The van der Waals surface area contributed by atoms with Crippen LogP contribution in [0.5, 0.6) is 5.75 Å². The minimum absolute atomic E-state index is 0.534. The third kappa shape index (κ3) is 3.21. The highest BCUT2D eigenvalue weighted by Gasteiger charge is 2.44. The Bertz CT molecular complexity index is 1140. The van der Waals surface area contributed by atoms with Crippen molar-refractivity contribution in [1.29, 1.82) is 0 Å². The van der Waals surface area contributed by atoms with Crippen LogP contribution in [-0.4, -0.2) is 91.5 Å². The van der Waals surface area contributed by atoms with E-state index in [2.05, 4.69) is 49.7 Å². The second kappa shape index (κ2) is 7.79. The Morgan fingerprint density at radius 2 is 1.97 bits per heavy atom. The summed E-state index contributed by atoms with van der Waals surface area (Å²) in [5.41, 5.74) is 5.08. The number of aromatic nitrogens is 1. The first-order valence-corrected chi connectivity index (χ1v) is 12.4. The molecule has 5 aliphatic rings. The largest absolute Gasteiger partial charge is 0.495 e. The van der Waals surface area contributed by atoms with Gasteiger partial charge in [0.15, 0.2) is 5.76 Å². The molecule has 0 spiro atoms. The maximum absolute atomic E-state index is 5.87. The molecule has 5 aliphatic heterocycles. The van der Waals surface area contributed by atoms with Gasteiger partial charge in [-0.3, -0.25) is 4.90 Å². The SMILES string of the molecule is COc1cccc2c3c(n(CCN4CCOCC4)c12)C=CN(C1CN2CCC1C2)/C3=C1/CO1. The Morgan fingerprint density at radius 3 is 2.70 bits per heavy atom. The summed E-state index contributed by atoms with van der Waals surface area (Å²) in [5.74, 6) is 2.82. The third-order valence-corrected chi connectivity index (χ3v) is 8.14. The fourth-order valence-corrected chi connectivity index (χ4v) is 6.44. The van der Waals surface area contributed by atoms with Crippen LogP contribution in [0.4, 0.5) is 0 Å². The molecule has 2 aromatic rings. The monoisotopic (exact) mass is 448 g/mol. The number of hydrogen-bond donors (Lipinski definition) is 0. The minimum Gasteiger partial charge on any atom is -0.495 e. The van der Waals surface area contributed by atoms with Gasteiger partial charge in [-0.2, -0.15) is 0 Å². The number of para-hydroxylation sites is 1. The molecule has 7 nitrogen and oxygen atoms in total. The van der Waals surface area contributed by atoms with E-state index in [1.807, 2.05) is 0 Å². The van der Waals surface area contributed by atoms with Gasteiger partial charge >= 0.3 is 0 Å². The average molecular weight is 449 g/mol. The number of methoxy groups -OCH3 is 1. The van der Waals surface area contributed by atoms with Gasteiger partial charge in [0.05, 0.1) is 43.3 Å². The van der Waals surface area contributed by atoms with Crippen molar-refractivity contribution >= 4 is 22.7 Å². The summed E-state index contributed by atoms with van der Waals surface area (Å²) in [7, 11) is 1.78. The van der Waals surface area contributed by atoms with Crippen LogP contribution >= 0.6 is 0 Å². The van der Waals surface area contributed by atoms with E-state index < -0.39 is 0 Å². The van der Waals surface area contributed by atoms with Crippen molar-refractivity contribution in [3.05, 3.63) is 41.4 Å². The highest BCUT2D eigenvalue weighted by Crippen LogP contribution is 2.47. The van der Waals surface area contributed by atoms with E-state index >= 15 is 0 Å². The molecule has 4 saturated heterocycles. The maximum Gasteiger partial charge on any atom is 0.158 e. The van der Waals surface area contributed by atoms with Crippen LogP contribution in [0.2, 0.25) is 0 Å². The van der Waals surface area contributed by atoms with E-state index in [4.69, 9.17) is 14.2 Å². The molecule has 0 N–H and O–H groups in total. The number of rotatable bonds is 5. The number of morpholine rings is 1. The van der Waals surface area contributed by atoms with Crippen LogP contribution in [0.1, 0.15) is 17.7 Å². The zero-order valence-electron chi connectivity index (χ0n) is 19.3. The lowest BCUT2D eigenvalue weighted by atomic mass is 9.94. The van der Waals surface area contributed by atoms with E-state index in [0.717, 1.165) is 70.0 Å². The lowest BCUT2D eigenvalue weighted by Gasteiger charge is -2.36. The first-order valence-electron chi connectivity index (χ1n) is 12.4. The first kappa shape index (κ1) is 19.9. The Morgan fingerprint density at radius 1 is 1.09 bits per heavy atom. The Balaban J connectivity index is 1.33. The molecule has 6 heterocycles. The van der Waals surface area contributed by atoms with Crippen molar-refractivity contribution in [2.75, 3.05) is 66.2 Å². The van der Waals surface area contributed by atoms with Crippen LogP contribution in [0.25, 0.3) is 22.7 Å². The van der Waals surface area contributed by atoms with Crippen LogP contribution in [0.15, 0.2) is 30.2 Å². The van der Waals surface area contributed by atoms with Crippen LogP contribution in [-0.2, 0) is 16.0 Å². The Hall–Kier alpha value is -2.48. The van der Waals surface area contributed by atoms with Crippen LogP contribution < -0.4 is 4.74 Å². The number of ether oxygens (including phenoxy) is 3. The average Bonchev–Trinajstić information content (AvgIpc) is 3.34. The summed E-state index contributed by atoms with van der Waals surface area (Å²) in [6.45, 7) is 9.99. The summed E-state index contributed by atoms with van der Waals surface area (Å²) in [4.78, 5) is 7.66. The number of fused-ring (bicyclic) bond motifs is 5. The number of nitrogens with zero attached hydrogens (tertiary/aromatic N) is 4. The number of piperidine rings is 1. The maximum atomic E-state index is 5.87. The van der Waals surface area contributed by atoms with Gasteiger partial charge in [-0.05, 0) is 31.0 Å². The van der Waals surface area contributed by atoms with Crippen molar-refractivity contribution in [2.45, 2.75) is 19.0 Å². The first-order chi connectivity index (χ1) is 16.3. The lowest BCUT2D eigenvalue weighted by molar-refractivity contribution is 0.0365. The Kier molecular flexibility index (Phi) is 4.71. The lowest BCUT2D eigenvalue weighted by Crippen LogP contribution is -2.40. The molecule has 7 heteroatoms. The summed E-state index contributed by atoms with van der Waals surface area (Å²) in [6, 6.07) is 7.00. The van der Waals surface area contributed by atoms with Crippen LogP contribution in [0.3, 0.4) is 0 Å². The fraction of sp³-hybridized carbons (Fsp3) is 0.538. The minimum atomic E-state index is 0.534. The van der Waals surface area contributed by atoms with E-state index in [-0.39, 0.29) is 0 Å². The van der Waals surface area contributed by atoms with Crippen molar-refractivity contribution in [2.24, 2.45) is 5.92 Å². The molecule has 0 aliphatic carbocycles. The molecule has 0 saturated carbocycles. The van der Waals surface area contributed by atoms with Crippen molar-refractivity contribution in [1.82, 2.24) is 19.3 Å². The number of benzene rings is 1. The van der Waals surface area contributed by atoms with Gasteiger partial charge in [0.2, 0.25) is 0 Å². The Labute approximate surface area is 194 Å². The van der Waals surface area contributed by atoms with Crippen LogP contribution in [0, 0.1) is 5.92 Å². The second-order valence-corrected chi connectivity index (χ2v) is 9.88. The molecular formula is C26H32N4O3. The summed E-state index contributed by atoms with van der Waals surface area (Å²) >= 11 is 0. The molecule has 3 atom stereocenters. The topological polar surface area (TPSA) is 45.6 Å². The predicted molar refractivity (Wildman–Crippen MR) is 128 cm³/mol. The fourth-order valence-electron chi connectivity index (χ4n) is 6.44. The molecule has 0 radical (unpaired) electrons. The smallest absolute Gasteiger partial charge is 0.158 e. The summed E-state index contributed by atoms with van der Waals surface area (Å²) in [5, 5.41) is 1.27. The van der Waals surface area contributed by atoms with E-state index in [1.165, 1.54) is 47.4 Å². The molecule has 1 aromatic heterocycles. The zero-order chi connectivity index (χ0) is 21.9. The molecule has 4 fully saturated rings. The molecule has 1 aromatic carbocycles. The highest BCUT2D eigenvalue weighted by molar-refractivity contribution is 6.01. The van der Waals surface area contributed by atoms with Gasteiger partial charge in [-0.15, -0.1) is 0 Å². The molecule has 33 heavy (non-hydrogen) atoms. The van der Waals surface area contributed by atoms with Gasteiger partial charge in [0.25, 0.3) is 0 Å². The third-order valence-electron chi connectivity index (χ3n) is 8.14. The summed E-state index contributed by atoms with van der Waals surface area (Å²) < 4.78 is 19.8. The number of hydrogen-bond acceptors (Lipinski definition) is 6.